The number of amides is 1. The highest BCUT2D eigenvalue weighted by Gasteiger charge is 2.27. The van der Waals surface area contributed by atoms with Crippen molar-refractivity contribution in [3.8, 4) is 0 Å². The number of nitrogens with one attached hydrogen (secondary N) is 3. The predicted octanol–water partition coefficient (Wildman–Crippen LogP) is 3.87. The van der Waals surface area contributed by atoms with Gasteiger partial charge in [-0.2, -0.15) is 0 Å². The van der Waals surface area contributed by atoms with E-state index in [4.69, 9.17) is 0 Å². The second-order valence-corrected chi connectivity index (χ2v) is 11.2. The molecule has 3 N–H and O–H groups in total. The summed E-state index contributed by atoms with van der Waals surface area (Å²) in [6, 6.07) is 13.1. The van der Waals surface area contributed by atoms with Gasteiger partial charge in [0.05, 0.1) is 4.90 Å². The molecule has 1 fully saturated rings. The summed E-state index contributed by atoms with van der Waals surface area (Å²) >= 11 is 0. The second kappa shape index (κ2) is 9.24. The highest BCUT2D eigenvalue weighted by molar-refractivity contribution is 7.89. The number of fused-ring (bicyclic) bond motifs is 1. The molecule has 4 rings (SSSR count). The van der Waals surface area contributed by atoms with Crippen molar-refractivity contribution in [3.05, 3.63) is 59.2 Å². The third-order valence-electron chi connectivity index (χ3n) is 6.51. The Balaban J connectivity index is 1.57. The maximum atomic E-state index is 13.1. The van der Waals surface area contributed by atoms with Gasteiger partial charge < -0.3 is 10.6 Å². The van der Waals surface area contributed by atoms with Gasteiger partial charge in [-0.25, -0.2) is 13.1 Å². The van der Waals surface area contributed by atoms with Crippen LogP contribution in [0.15, 0.2) is 47.4 Å². The Bertz CT molecular complexity index is 1070. The largest absolute Gasteiger partial charge is 0.382 e. The molecule has 1 atom stereocenters. The Morgan fingerprint density at radius 2 is 1.66 bits per heavy atom. The van der Waals surface area contributed by atoms with E-state index >= 15 is 0 Å². The average molecular weight is 456 g/mol. The van der Waals surface area contributed by atoms with Gasteiger partial charge in [-0.15, -0.1) is 0 Å². The number of anilines is 1. The summed E-state index contributed by atoms with van der Waals surface area (Å²) in [5.74, 6) is 0.335. The van der Waals surface area contributed by atoms with E-state index in [1.165, 1.54) is 36.5 Å². The molecule has 0 unspecified atom stereocenters. The van der Waals surface area contributed by atoms with Crippen molar-refractivity contribution in [1.29, 1.82) is 0 Å². The van der Waals surface area contributed by atoms with Crippen LogP contribution in [0.25, 0.3) is 0 Å². The molecule has 2 aromatic rings. The summed E-state index contributed by atoms with van der Waals surface area (Å²) in [6.07, 6.45) is 5.17. The van der Waals surface area contributed by atoms with Crippen molar-refractivity contribution in [2.45, 2.75) is 75.9 Å². The Labute approximate surface area is 191 Å². The van der Waals surface area contributed by atoms with E-state index in [2.05, 4.69) is 34.4 Å². The first-order valence-corrected chi connectivity index (χ1v) is 13.0. The molecule has 2 aromatic carbocycles. The molecule has 172 valence electrons. The number of hydrogen-bond donors (Lipinski definition) is 3. The predicted molar refractivity (Wildman–Crippen MR) is 127 cm³/mol. The van der Waals surface area contributed by atoms with E-state index in [9.17, 15) is 13.2 Å². The lowest BCUT2D eigenvalue weighted by Gasteiger charge is -2.32. The quantitative estimate of drug-likeness (QED) is 0.564. The van der Waals surface area contributed by atoms with Crippen LogP contribution in [0.4, 0.5) is 5.69 Å². The molecule has 1 amide bonds. The van der Waals surface area contributed by atoms with E-state index < -0.39 is 10.0 Å². The molecule has 0 bridgehead atoms. The van der Waals surface area contributed by atoms with E-state index in [1.54, 1.807) is 26.0 Å². The fourth-order valence-corrected chi connectivity index (χ4v) is 5.92. The smallest absolute Gasteiger partial charge is 0.251 e. The molecular weight excluding hydrogens is 422 g/mol. The molecule has 2 aliphatic carbocycles. The molecule has 2 aliphatic rings. The van der Waals surface area contributed by atoms with E-state index in [0.717, 1.165) is 12.8 Å². The van der Waals surface area contributed by atoms with Crippen LogP contribution in [0.3, 0.4) is 0 Å². The number of sulfonamides is 1. The zero-order chi connectivity index (χ0) is 22.9. The first-order chi connectivity index (χ1) is 15.2. The molecule has 1 saturated carbocycles. The Morgan fingerprint density at radius 3 is 2.22 bits per heavy atom. The zero-order valence-corrected chi connectivity index (χ0v) is 19.8. The van der Waals surface area contributed by atoms with E-state index in [0.29, 0.717) is 17.2 Å². The van der Waals surface area contributed by atoms with Crippen LogP contribution in [0.2, 0.25) is 0 Å². The van der Waals surface area contributed by atoms with Gasteiger partial charge in [-0.3, -0.25) is 4.79 Å². The Hall–Kier alpha value is -2.38. The number of carbonyl (C=O) groups excluding carboxylic acids is 1. The lowest BCUT2D eigenvalue weighted by molar-refractivity contribution is 0.0938. The number of carbonyl (C=O) groups is 1. The summed E-state index contributed by atoms with van der Waals surface area (Å²) in [7, 11) is -3.73. The van der Waals surface area contributed by atoms with Crippen LogP contribution in [-0.4, -0.2) is 32.5 Å². The van der Waals surface area contributed by atoms with Crippen molar-refractivity contribution in [1.82, 2.24) is 10.0 Å². The first kappa shape index (κ1) is 22.8. The van der Waals surface area contributed by atoms with Crippen molar-refractivity contribution in [3.63, 3.8) is 0 Å². The van der Waals surface area contributed by atoms with Gasteiger partial charge in [0.2, 0.25) is 10.0 Å². The third kappa shape index (κ3) is 5.15. The summed E-state index contributed by atoms with van der Waals surface area (Å²) in [5.41, 5.74) is 3.53. The minimum absolute atomic E-state index is 0.0132. The molecule has 7 heteroatoms. The van der Waals surface area contributed by atoms with Gasteiger partial charge in [0.15, 0.2) is 0 Å². The Kier molecular flexibility index (Phi) is 6.58. The zero-order valence-electron chi connectivity index (χ0n) is 19.0. The minimum atomic E-state index is -3.73. The topological polar surface area (TPSA) is 87.3 Å². The normalized spacial score (nSPS) is 17.6. The average Bonchev–Trinajstić information content (AvgIpc) is 3.07. The molecule has 6 nitrogen and oxygen atoms in total. The fraction of sp³-hybridized carbons (Fsp3) is 0.480. The van der Waals surface area contributed by atoms with Crippen LogP contribution < -0.4 is 15.4 Å². The highest BCUT2D eigenvalue weighted by Crippen LogP contribution is 2.32. The molecule has 32 heavy (non-hydrogen) atoms. The van der Waals surface area contributed by atoms with Crippen LogP contribution >= 0.6 is 0 Å². The molecule has 0 saturated heterocycles. The lowest BCUT2D eigenvalue weighted by Crippen LogP contribution is -2.36. The summed E-state index contributed by atoms with van der Waals surface area (Å²) in [5, 5.41) is 6.55. The van der Waals surface area contributed by atoms with E-state index in [1.807, 2.05) is 12.1 Å². The maximum absolute atomic E-state index is 13.1. The summed E-state index contributed by atoms with van der Waals surface area (Å²) in [6.45, 7) is 5.68. The molecule has 0 radical (unpaired) electrons. The van der Waals surface area contributed by atoms with Gasteiger partial charge >= 0.3 is 0 Å². The molecule has 0 aromatic heterocycles. The van der Waals surface area contributed by atoms with Crippen molar-refractivity contribution >= 4 is 21.6 Å². The SMILES string of the molecule is CC(C)NS(=O)(=O)c1cc(N[C@H](C)C2CCC2)cc(C(=O)NC2Cc3ccccc3C2)c1. The van der Waals surface area contributed by atoms with Gasteiger partial charge in [-0.05, 0) is 81.7 Å². The summed E-state index contributed by atoms with van der Waals surface area (Å²) < 4.78 is 28.4. The molecule has 0 heterocycles. The van der Waals surface area contributed by atoms with Gasteiger partial charge in [0, 0.05) is 29.4 Å². The number of hydrogen-bond acceptors (Lipinski definition) is 4. The number of benzene rings is 2. The van der Waals surface area contributed by atoms with Crippen LogP contribution in [0.1, 0.15) is 61.5 Å². The van der Waals surface area contributed by atoms with Crippen LogP contribution in [0.5, 0.6) is 0 Å². The van der Waals surface area contributed by atoms with Crippen molar-refractivity contribution < 1.29 is 13.2 Å². The van der Waals surface area contributed by atoms with Gasteiger partial charge in [-0.1, -0.05) is 30.7 Å². The lowest BCUT2D eigenvalue weighted by atomic mass is 9.80. The Morgan fingerprint density at radius 1 is 1.00 bits per heavy atom. The third-order valence-corrected chi connectivity index (χ3v) is 8.15. The first-order valence-electron chi connectivity index (χ1n) is 11.5. The molecule has 0 spiro atoms. The van der Waals surface area contributed by atoms with E-state index in [-0.39, 0.29) is 28.9 Å². The standard InChI is InChI=1S/C25H33N3O3S/c1-16(2)28-32(30,31)24-14-21(13-23(15-24)26-17(3)18-9-6-10-18)25(29)27-22-11-19-7-4-5-8-20(19)12-22/h4-5,7-8,13-18,22,26,28H,6,9-12H2,1-3H3,(H,27,29)/t17-/m1/s1. The monoisotopic (exact) mass is 455 g/mol. The highest BCUT2D eigenvalue weighted by atomic mass is 32.2. The summed E-state index contributed by atoms with van der Waals surface area (Å²) in [4.78, 5) is 13.2. The van der Waals surface area contributed by atoms with Crippen molar-refractivity contribution in [2.24, 2.45) is 5.92 Å². The maximum Gasteiger partial charge on any atom is 0.251 e. The number of rotatable bonds is 8. The minimum Gasteiger partial charge on any atom is -0.382 e. The van der Waals surface area contributed by atoms with Crippen LogP contribution in [-0.2, 0) is 22.9 Å². The van der Waals surface area contributed by atoms with Gasteiger partial charge in [0.1, 0.15) is 0 Å². The molecule has 0 aliphatic heterocycles. The fourth-order valence-electron chi connectivity index (χ4n) is 4.60. The van der Waals surface area contributed by atoms with Crippen LogP contribution in [0, 0.1) is 5.92 Å². The van der Waals surface area contributed by atoms with Gasteiger partial charge in [0.25, 0.3) is 5.91 Å². The second-order valence-electron chi connectivity index (χ2n) is 9.49. The van der Waals surface area contributed by atoms with Crippen molar-refractivity contribution in [2.75, 3.05) is 5.32 Å². The molecular formula is C25H33N3O3S.